The van der Waals surface area contributed by atoms with Gasteiger partial charge in [-0.1, -0.05) is 30.4 Å². The number of hydrogen-bond donors (Lipinski definition) is 1. The minimum atomic E-state index is -4.25. The Labute approximate surface area is 160 Å². The van der Waals surface area contributed by atoms with Crippen LogP contribution in [-0.4, -0.2) is 18.3 Å². The number of benzene rings is 2. The number of rotatable bonds is 6. The second-order valence-corrected chi connectivity index (χ2v) is 7.33. The van der Waals surface area contributed by atoms with Crippen molar-refractivity contribution in [2.45, 2.75) is 11.8 Å². The van der Waals surface area contributed by atoms with Gasteiger partial charge in [0.05, 0.1) is 10.5 Å². The Morgan fingerprint density at radius 3 is 2.44 bits per heavy atom. The van der Waals surface area contributed by atoms with Gasteiger partial charge in [-0.2, -0.15) is 13.7 Å². The molecule has 0 saturated heterocycles. The fourth-order valence-corrected chi connectivity index (χ4v) is 3.12. The number of nitriles is 1. The molecule has 0 heterocycles. The van der Waals surface area contributed by atoms with E-state index in [0.717, 1.165) is 6.07 Å². The number of nitrogens with zero attached hydrogens (tertiary/aromatic N) is 2. The van der Waals surface area contributed by atoms with Crippen molar-refractivity contribution in [3.63, 3.8) is 0 Å². The van der Waals surface area contributed by atoms with Gasteiger partial charge in [0.15, 0.2) is 0 Å². The fraction of sp³-hybridized carbons (Fsp3) is 0.0588. The van der Waals surface area contributed by atoms with E-state index in [1.807, 2.05) is 6.07 Å². The number of hydrogen-bond acceptors (Lipinski definition) is 7. The molecule has 0 amide bonds. The van der Waals surface area contributed by atoms with Crippen LogP contribution in [0.15, 0.2) is 52.9 Å². The molecule has 2 N–H and O–H groups in total. The van der Waals surface area contributed by atoms with E-state index in [0.29, 0.717) is 11.1 Å². The summed E-state index contributed by atoms with van der Waals surface area (Å²) in [6.45, 7) is 1.50. The van der Waals surface area contributed by atoms with Crippen LogP contribution >= 0.6 is 12.2 Å². The van der Waals surface area contributed by atoms with E-state index in [9.17, 15) is 18.5 Å². The third-order valence-electron chi connectivity index (χ3n) is 3.45. The molecule has 2 rings (SSSR count). The van der Waals surface area contributed by atoms with Crippen LogP contribution in [0.5, 0.6) is 5.75 Å². The Morgan fingerprint density at radius 2 is 1.93 bits per heavy atom. The summed E-state index contributed by atoms with van der Waals surface area (Å²) in [7, 11) is -4.25. The van der Waals surface area contributed by atoms with Crippen molar-refractivity contribution in [1.29, 1.82) is 5.26 Å². The summed E-state index contributed by atoms with van der Waals surface area (Å²) in [6, 6.07) is 11.1. The third-order valence-corrected chi connectivity index (χ3v) is 4.91. The molecule has 138 valence electrons. The second-order valence-electron chi connectivity index (χ2n) is 5.35. The molecule has 0 aliphatic heterocycles. The quantitative estimate of drug-likeness (QED) is 0.194. The lowest BCUT2D eigenvalue weighted by Crippen LogP contribution is -2.10. The molecular formula is C17H13N3O5S2. The van der Waals surface area contributed by atoms with Crippen LogP contribution in [-0.2, 0) is 10.1 Å². The molecule has 10 heteroatoms. The predicted octanol–water partition coefficient (Wildman–Crippen LogP) is 2.86. The molecule has 27 heavy (non-hydrogen) atoms. The molecule has 0 radical (unpaired) electrons. The van der Waals surface area contributed by atoms with Crippen LogP contribution in [0.1, 0.15) is 11.1 Å². The zero-order chi connectivity index (χ0) is 20.2. The molecule has 0 spiro atoms. The van der Waals surface area contributed by atoms with Crippen molar-refractivity contribution in [2.24, 2.45) is 5.73 Å². The van der Waals surface area contributed by atoms with Crippen LogP contribution in [0, 0.1) is 28.4 Å². The van der Waals surface area contributed by atoms with Gasteiger partial charge in [-0.05, 0) is 36.8 Å². The standard InChI is InChI=1S/C17H13N3O5S2/c1-11-2-7-15(9-16(11)20(21)22)27(23,24)25-14-5-3-12(4-6-14)8-13(10-18)17(19)26/h2-9H,1H3,(H2,19,26)/b13-8-. The molecule has 0 unspecified atom stereocenters. The van der Waals surface area contributed by atoms with E-state index in [2.05, 4.69) is 0 Å². The summed E-state index contributed by atoms with van der Waals surface area (Å²) in [5.41, 5.74) is 6.10. The van der Waals surface area contributed by atoms with Gasteiger partial charge in [-0.3, -0.25) is 10.1 Å². The van der Waals surface area contributed by atoms with E-state index in [1.54, 1.807) is 0 Å². The molecule has 0 fully saturated rings. The first-order valence-electron chi connectivity index (χ1n) is 7.35. The highest BCUT2D eigenvalue weighted by atomic mass is 32.2. The second kappa shape index (κ2) is 7.94. The van der Waals surface area contributed by atoms with E-state index >= 15 is 0 Å². The number of aryl methyl sites for hydroxylation is 1. The van der Waals surface area contributed by atoms with Crippen molar-refractivity contribution in [3.05, 3.63) is 69.3 Å². The molecule has 0 aliphatic rings. The maximum atomic E-state index is 12.4. The summed E-state index contributed by atoms with van der Waals surface area (Å²) < 4.78 is 29.7. The first-order valence-corrected chi connectivity index (χ1v) is 9.17. The largest absolute Gasteiger partial charge is 0.389 e. The maximum absolute atomic E-state index is 12.4. The highest BCUT2D eigenvalue weighted by Gasteiger charge is 2.21. The first-order chi connectivity index (χ1) is 12.6. The Kier molecular flexibility index (Phi) is 5.89. The minimum absolute atomic E-state index is 0.00390. The van der Waals surface area contributed by atoms with Gasteiger partial charge >= 0.3 is 10.1 Å². The predicted molar refractivity (Wildman–Crippen MR) is 102 cm³/mol. The SMILES string of the molecule is Cc1ccc(S(=O)(=O)Oc2ccc(/C=C(/C#N)C(N)=S)cc2)cc1[N+](=O)[O-]. The van der Waals surface area contributed by atoms with E-state index in [1.165, 1.54) is 49.4 Å². The van der Waals surface area contributed by atoms with Gasteiger partial charge in [0.2, 0.25) is 0 Å². The fourth-order valence-electron chi connectivity index (χ4n) is 2.06. The lowest BCUT2D eigenvalue weighted by atomic mass is 10.1. The normalized spacial score (nSPS) is 11.5. The van der Waals surface area contributed by atoms with Crippen molar-refractivity contribution >= 4 is 39.1 Å². The monoisotopic (exact) mass is 403 g/mol. The average molecular weight is 403 g/mol. The van der Waals surface area contributed by atoms with E-state index in [4.69, 9.17) is 27.4 Å². The van der Waals surface area contributed by atoms with Gasteiger partial charge in [0.1, 0.15) is 21.7 Å². The zero-order valence-electron chi connectivity index (χ0n) is 13.9. The molecular weight excluding hydrogens is 390 g/mol. The summed E-state index contributed by atoms with van der Waals surface area (Å²) in [5.74, 6) is 0.00390. The molecule has 0 aliphatic carbocycles. The van der Waals surface area contributed by atoms with Gasteiger partial charge in [0.25, 0.3) is 5.69 Å². The number of thiocarbonyl (C=S) groups is 1. The first kappa shape index (κ1) is 20.0. The molecule has 2 aromatic rings. The van der Waals surface area contributed by atoms with E-state index < -0.39 is 15.0 Å². The van der Waals surface area contributed by atoms with Crippen molar-refractivity contribution < 1.29 is 17.5 Å². The highest BCUT2D eigenvalue weighted by Crippen LogP contribution is 2.25. The minimum Gasteiger partial charge on any atom is -0.389 e. The van der Waals surface area contributed by atoms with Gasteiger partial charge < -0.3 is 9.92 Å². The Bertz CT molecular complexity index is 1080. The third kappa shape index (κ3) is 4.87. The highest BCUT2D eigenvalue weighted by molar-refractivity contribution is 7.87. The van der Waals surface area contributed by atoms with Crippen LogP contribution in [0.3, 0.4) is 0 Å². The van der Waals surface area contributed by atoms with Gasteiger partial charge in [-0.15, -0.1) is 0 Å². The number of nitrogens with two attached hydrogens (primary N) is 1. The van der Waals surface area contributed by atoms with Crippen LogP contribution in [0.4, 0.5) is 5.69 Å². The Morgan fingerprint density at radius 1 is 1.30 bits per heavy atom. The van der Waals surface area contributed by atoms with Crippen LogP contribution < -0.4 is 9.92 Å². The smallest absolute Gasteiger partial charge is 0.339 e. The number of nitro benzene ring substituents is 1. The summed E-state index contributed by atoms with van der Waals surface area (Å²) >= 11 is 4.74. The van der Waals surface area contributed by atoms with Crippen molar-refractivity contribution in [3.8, 4) is 11.8 Å². The molecule has 8 nitrogen and oxygen atoms in total. The summed E-state index contributed by atoms with van der Waals surface area (Å²) in [5, 5.41) is 19.9. The van der Waals surface area contributed by atoms with Crippen molar-refractivity contribution in [2.75, 3.05) is 0 Å². The molecule has 0 aromatic heterocycles. The molecule has 0 bridgehead atoms. The lowest BCUT2D eigenvalue weighted by Gasteiger charge is -2.08. The summed E-state index contributed by atoms with van der Waals surface area (Å²) in [6.07, 6.45) is 1.45. The average Bonchev–Trinajstić information content (AvgIpc) is 2.60. The number of nitro groups is 1. The zero-order valence-corrected chi connectivity index (χ0v) is 15.6. The topological polar surface area (TPSA) is 136 Å². The summed E-state index contributed by atoms with van der Waals surface area (Å²) in [4.78, 5) is 9.93. The molecule has 0 saturated carbocycles. The van der Waals surface area contributed by atoms with Crippen molar-refractivity contribution in [1.82, 2.24) is 0 Å². The Hall–Kier alpha value is -3.29. The van der Waals surface area contributed by atoms with Gasteiger partial charge in [0, 0.05) is 11.6 Å². The van der Waals surface area contributed by atoms with E-state index in [-0.39, 0.29) is 26.9 Å². The van der Waals surface area contributed by atoms with Crippen LogP contribution in [0.2, 0.25) is 0 Å². The maximum Gasteiger partial charge on any atom is 0.339 e. The molecule has 0 atom stereocenters. The van der Waals surface area contributed by atoms with Gasteiger partial charge in [-0.25, -0.2) is 0 Å². The lowest BCUT2D eigenvalue weighted by molar-refractivity contribution is -0.385. The van der Waals surface area contributed by atoms with Crippen LogP contribution in [0.25, 0.3) is 6.08 Å². The molecule has 2 aromatic carbocycles. The Balaban J connectivity index is 2.29.